The van der Waals surface area contributed by atoms with Crippen LogP contribution < -0.4 is 5.32 Å². The van der Waals surface area contributed by atoms with Gasteiger partial charge in [-0.1, -0.05) is 6.07 Å². The fourth-order valence-electron chi connectivity index (χ4n) is 2.89. The number of fused-ring (bicyclic) bond motifs is 1. The van der Waals surface area contributed by atoms with Crippen molar-refractivity contribution in [1.82, 2.24) is 14.9 Å². The minimum absolute atomic E-state index is 0.369. The Kier molecular flexibility index (Phi) is 3.30. The molecule has 3 heterocycles. The van der Waals surface area contributed by atoms with Crippen molar-refractivity contribution in [2.45, 2.75) is 18.9 Å². The second-order valence-corrected chi connectivity index (χ2v) is 4.85. The quantitative estimate of drug-likeness (QED) is 0.899. The minimum atomic E-state index is 0.369. The molecular weight excluding hydrogens is 226 g/mol. The number of rotatable bonds is 3. The van der Waals surface area contributed by atoms with Gasteiger partial charge in [0.2, 0.25) is 0 Å². The molecule has 1 unspecified atom stereocenters. The normalized spacial score (nSPS) is 19.2. The van der Waals surface area contributed by atoms with Gasteiger partial charge < -0.3 is 10.1 Å². The zero-order valence-electron chi connectivity index (χ0n) is 10.7. The Balaban J connectivity index is 1.95. The molecule has 0 aromatic carbocycles. The summed E-state index contributed by atoms with van der Waals surface area (Å²) >= 11 is 0. The Morgan fingerprint density at radius 3 is 3.00 bits per heavy atom. The van der Waals surface area contributed by atoms with Gasteiger partial charge in [0.25, 0.3) is 0 Å². The van der Waals surface area contributed by atoms with Gasteiger partial charge in [0.05, 0.1) is 11.7 Å². The first-order valence-corrected chi connectivity index (χ1v) is 6.57. The second kappa shape index (κ2) is 5.08. The Morgan fingerprint density at radius 1 is 1.39 bits per heavy atom. The van der Waals surface area contributed by atoms with Crippen LogP contribution in [0.4, 0.5) is 0 Å². The maximum atomic E-state index is 5.45. The molecule has 1 aliphatic rings. The molecule has 18 heavy (non-hydrogen) atoms. The van der Waals surface area contributed by atoms with E-state index < -0.39 is 0 Å². The number of ether oxygens (including phenoxy) is 1. The molecule has 0 aliphatic carbocycles. The highest BCUT2D eigenvalue weighted by molar-refractivity contribution is 5.55. The van der Waals surface area contributed by atoms with E-state index in [1.54, 1.807) is 0 Å². The molecule has 96 valence electrons. The van der Waals surface area contributed by atoms with Crippen LogP contribution in [0.1, 0.15) is 24.4 Å². The van der Waals surface area contributed by atoms with E-state index in [1.807, 2.05) is 30.0 Å². The van der Waals surface area contributed by atoms with E-state index in [0.717, 1.165) is 26.1 Å². The summed E-state index contributed by atoms with van der Waals surface area (Å²) in [6, 6.07) is 6.57. The molecule has 4 nitrogen and oxygen atoms in total. The first-order valence-electron chi connectivity index (χ1n) is 6.57. The highest BCUT2D eigenvalue weighted by Gasteiger charge is 2.26. The fourth-order valence-corrected chi connectivity index (χ4v) is 2.89. The third-order valence-electron chi connectivity index (χ3n) is 3.84. The number of nitrogens with one attached hydrogen (secondary N) is 1. The average molecular weight is 245 g/mol. The largest absolute Gasteiger partial charge is 0.381 e. The zero-order chi connectivity index (χ0) is 12.4. The summed E-state index contributed by atoms with van der Waals surface area (Å²) in [6.07, 6.45) is 6.23. The Hall–Kier alpha value is -1.39. The van der Waals surface area contributed by atoms with Crippen molar-refractivity contribution in [3.63, 3.8) is 0 Å². The second-order valence-electron chi connectivity index (χ2n) is 4.85. The molecule has 1 aliphatic heterocycles. The van der Waals surface area contributed by atoms with Gasteiger partial charge in [-0.15, -0.1) is 0 Å². The summed E-state index contributed by atoms with van der Waals surface area (Å²) in [6.45, 7) is 1.75. The van der Waals surface area contributed by atoms with Crippen molar-refractivity contribution >= 4 is 5.52 Å². The van der Waals surface area contributed by atoms with E-state index in [1.165, 1.54) is 11.1 Å². The van der Waals surface area contributed by atoms with E-state index in [2.05, 4.69) is 22.5 Å². The van der Waals surface area contributed by atoms with Gasteiger partial charge >= 0.3 is 0 Å². The monoisotopic (exact) mass is 245 g/mol. The highest BCUT2D eigenvalue weighted by Crippen LogP contribution is 2.31. The molecule has 0 radical (unpaired) electrons. The van der Waals surface area contributed by atoms with Gasteiger partial charge in [0, 0.05) is 31.0 Å². The van der Waals surface area contributed by atoms with Gasteiger partial charge in [0.15, 0.2) is 0 Å². The van der Waals surface area contributed by atoms with E-state index in [4.69, 9.17) is 4.74 Å². The molecule has 0 saturated carbocycles. The van der Waals surface area contributed by atoms with Gasteiger partial charge in [0.1, 0.15) is 0 Å². The van der Waals surface area contributed by atoms with Crippen molar-refractivity contribution in [3.05, 3.63) is 36.2 Å². The molecular formula is C14H19N3O. The van der Waals surface area contributed by atoms with Crippen molar-refractivity contribution in [2.24, 2.45) is 5.92 Å². The number of nitrogens with zero attached hydrogens (tertiary/aromatic N) is 2. The molecule has 1 N–H and O–H groups in total. The Bertz CT molecular complexity index is 516. The van der Waals surface area contributed by atoms with Crippen LogP contribution in [-0.2, 0) is 4.74 Å². The molecule has 1 saturated heterocycles. The molecule has 0 amide bonds. The maximum Gasteiger partial charge on any atom is 0.0709 e. The summed E-state index contributed by atoms with van der Waals surface area (Å²) in [7, 11) is 2.03. The lowest BCUT2D eigenvalue weighted by atomic mass is 9.88. The lowest BCUT2D eigenvalue weighted by Gasteiger charge is -2.29. The lowest BCUT2D eigenvalue weighted by molar-refractivity contribution is 0.0548. The topological polar surface area (TPSA) is 38.6 Å². The number of hydrogen-bond acceptors (Lipinski definition) is 3. The third kappa shape index (κ3) is 2.02. The van der Waals surface area contributed by atoms with Gasteiger partial charge in [-0.25, -0.2) is 4.52 Å². The summed E-state index contributed by atoms with van der Waals surface area (Å²) in [5, 5.41) is 7.89. The van der Waals surface area contributed by atoms with Crippen LogP contribution in [0.3, 0.4) is 0 Å². The van der Waals surface area contributed by atoms with Crippen LogP contribution >= 0.6 is 0 Å². The average Bonchev–Trinajstić information content (AvgIpc) is 2.85. The van der Waals surface area contributed by atoms with Crippen LogP contribution in [0.15, 0.2) is 30.6 Å². The first-order chi connectivity index (χ1) is 8.90. The van der Waals surface area contributed by atoms with Gasteiger partial charge in [-0.2, -0.15) is 5.10 Å². The summed E-state index contributed by atoms with van der Waals surface area (Å²) in [5.41, 5.74) is 2.49. The van der Waals surface area contributed by atoms with Gasteiger partial charge in [-0.05, 0) is 37.9 Å². The van der Waals surface area contributed by atoms with Crippen LogP contribution in [0.25, 0.3) is 5.52 Å². The molecule has 2 aromatic heterocycles. The van der Waals surface area contributed by atoms with Crippen LogP contribution in [0, 0.1) is 5.92 Å². The predicted molar refractivity (Wildman–Crippen MR) is 70.5 cm³/mol. The Labute approximate surface area is 107 Å². The molecule has 1 atom stereocenters. The van der Waals surface area contributed by atoms with Crippen molar-refractivity contribution in [1.29, 1.82) is 0 Å². The Morgan fingerprint density at radius 2 is 2.22 bits per heavy atom. The van der Waals surface area contributed by atoms with Crippen molar-refractivity contribution in [2.75, 3.05) is 20.3 Å². The zero-order valence-corrected chi connectivity index (χ0v) is 10.7. The SMILES string of the molecule is CNC(c1cnn2ccccc12)C1CCOCC1. The summed E-state index contributed by atoms with van der Waals surface area (Å²) in [5.74, 6) is 0.636. The van der Waals surface area contributed by atoms with E-state index >= 15 is 0 Å². The predicted octanol–water partition coefficient (Wildman–Crippen LogP) is 2.02. The smallest absolute Gasteiger partial charge is 0.0709 e. The third-order valence-corrected chi connectivity index (χ3v) is 3.84. The molecule has 0 spiro atoms. The number of pyridine rings is 1. The van der Waals surface area contributed by atoms with Crippen LogP contribution in [-0.4, -0.2) is 29.9 Å². The first kappa shape index (κ1) is 11.7. The van der Waals surface area contributed by atoms with Crippen molar-refractivity contribution in [3.8, 4) is 0 Å². The number of aromatic nitrogens is 2. The maximum absolute atomic E-state index is 5.45. The summed E-state index contributed by atoms with van der Waals surface area (Å²) < 4.78 is 7.39. The molecule has 4 heteroatoms. The van der Waals surface area contributed by atoms with Gasteiger partial charge in [-0.3, -0.25) is 0 Å². The molecule has 2 aromatic rings. The summed E-state index contributed by atoms with van der Waals surface area (Å²) in [4.78, 5) is 0. The highest BCUT2D eigenvalue weighted by atomic mass is 16.5. The van der Waals surface area contributed by atoms with E-state index in [0.29, 0.717) is 12.0 Å². The van der Waals surface area contributed by atoms with Crippen molar-refractivity contribution < 1.29 is 4.74 Å². The molecule has 0 bridgehead atoms. The number of hydrogen-bond donors (Lipinski definition) is 1. The van der Waals surface area contributed by atoms with Crippen LogP contribution in [0.5, 0.6) is 0 Å². The van der Waals surface area contributed by atoms with Crippen LogP contribution in [0.2, 0.25) is 0 Å². The minimum Gasteiger partial charge on any atom is -0.381 e. The fraction of sp³-hybridized carbons (Fsp3) is 0.500. The molecule has 1 fully saturated rings. The standard InChI is InChI=1S/C14H19N3O/c1-15-14(11-5-8-18-9-6-11)12-10-16-17-7-3-2-4-13(12)17/h2-4,7,10-11,14-15H,5-6,8-9H2,1H3. The lowest BCUT2D eigenvalue weighted by Crippen LogP contribution is -2.29. The molecule has 3 rings (SSSR count). The van der Waals surface area contributed by atoms with E-state index in [-0.39, 0.29) is 0 Å². The van der Waals surface area contributed by atoms with E-state index in [9.17, 15) is 0 Å².